The van der Waals surface area contributed by atoms with Crippen LogP contribution in [0.4, 0.5) is 24.5 Å². The molecule has 1 N–H and O–H groups in total. The van der Waals surface area contributed by atoms with Crippen molar-refractivity contribution in [1.29, 1.82) is 0 Å². The van der Waals surface area contributed by atoms with Crippen LogP contribution in [0.15, 0.2) is 42.5 Å². The van der Waals surface area contributed by atoms with Crippen molar-refractivity contribution in [2.75, 3.05) is 29.5 Å². The van der Waals surface area contributed by atoms with Crippen molar-refractivity contribution in [2.24, 2.45) is 0 Å². The summed E-state index contributed by atoms with van der Waals surface area (Å²) in [6, 6.07) is 9.49. The maximum atomic E-state index is 13.0. The molecule has 2 aromatic rings. The van der Waals surface area contributed by atoms with Crippen molar-refractivity contribution in [3.05, 3.63) is 58.6 Å². The standard InChI is InChI=1S/C20H22ClF3N2O4S/c1-30-13-14-5-3-6-16(11-14)25-19(27)7-4-10-26(31(2,28)29)18-12-15(20(22,23)24)8-9-17(18)21/h3,5-6,8-9,11-12H,4,7,10,13H2,1-2H3,(H,25,27). The Kier molecular flexibility index (Phi) is 8.33. The maximum Gasteiger partial charge on any atom is 0.416 e. The molecule has 0 saturated carbocycles. The summed E-state index contributed by atoms with van der Waals surface area (Å²) in [5.41, 5.74) is 0.115. The van der Waals surface area contributed by atoms with Crippen LogP contribution in [0, 0.1) is 0 Å². The lowest BCUT2D eigenvalue weighted by molar-refractivity contribution is -0.137. The molecule has 0 atom stereocenters. The fraction of sp³-hybridized carbons (Fsp3) is 0.350. The maximum absolute atomic E-state index is 13.0. The van der Waals surface area contributed by atoms with Crippen molar-refractivity contribution in [2.45, 2.75) is 25.6 Å². The zero-order valence-electron chi connectivity index (χ0n) is 16.9. The highest BCUT2D eigenvalue weighted by molar-refractivity contribution is 7.92. The number of sulfonamides is 1. The van der Waals surface area contributed by atoms with Crippen LogP contribution in [0.2, 0.25) is 5.02 Å². The number of hydrogen-bond acceptors (Lipinski definition) is 4. The predicted octanol–water partition coefficient (Wildman–Crippen LogP) is 4.69. The Hall–Kier alpha value is -2.30. The molecule has 0 aliphatic rings. The molecule has 1 amide bonds. The topological polar surface area (TPSA) is 75.7 Å². The first-order valence-corrected chi connectivity index (χ1v) is 11.4. The molecule has 2 aromatic carbocycles. The molecular formula is C20H22ClF3N2O4S. The number of alkyl halides is 3. The van der Waals surface area contributed by atoms with Gasteiger partial charge in [-0.1, -0.05) is 23.7 Å². The molecule has 2 rings (SSSR count). The van der Waals surface area contributed by atoms with Crippen LogP contribution in [0.25, 0.3) is 0 Å². The van der Waals surface area contributed by atoms with Gasteiger partial charge in [0.2, 0.25) is 15.9 Å². The molecule has 0 spiro atoms. The summed E-state index contributed by atoms with van der Waals surface area (Å²) in [6.07, 6.45) is -3.76. The number of carbonyl (C=O) groups is 1. The molecule has 0 aliphatic carbocycles. The van der Waals surface area contributed by atoms with Gasteiger partial charge in [0.1, 0.15) is 0 Å². The summed E-state index contributed by atoms with van der Waals surface area (Å²) in [6.45, 7) is 0.168. The number of ether oxygens (including phenoxy) is 1. The summed E-state index contributed by atoms with van der Waals surface area (Å²) in [4.78, 5) is 12.2. The van der Waals surface area contributed by atoms with Gasteiger partial charge in [0.05, 0.1) is 29.1 Å². The number of amides is 1. The highest BCUT2D eigenvalue weighted by Crippen LogP contribution is 2.36. The van der Waals surface area contributed by atoms with Crippen LogP contribution < -0.4 is 9.62 Å². The highest BCUT2D eigenvalue weighted by Gasteiger charge is 2.32. The second-order valence-electron chi connectivity index (χ2n) is 6.78. The van der Waals surface area contributed by atoms with Crippen molar-refractivity contribution in [1.82, 2.24) is 0 Å². The van der Waals surface area contributed by atoms with Crippen LogP contribution in [-0.4, -0.2) is 34.2 Å². The predicted molar refractivity (Wildman–Crippen MR) is 114 cm³/mol. The number of rotatable bonds is 9. The second-order valence-corrected chi connectivity index (χ2v) is 9.10. The van der Waals surface area contributed by atoms with Crippen molar-refractivity contribution in [3.63, 3.8) is 0 Å². The first-order chi connectivity index (χ1) is 14.4. The van der Waals surface area contributed by atoms with E-state index in [4.69, 9.17) is 16.3 Å². The third-order valence-electron chi connectivity index (χ3n) is 4.23. The van der Waals surface area contributed by atoms with Crippen molar-refractivity contribution < 1.29 is 31.1 Å². The van der Waals surface area contributed by atoms with E-state index in [1.807, 2.05) is 6.07 Å². The Labute approximate surface area is 184 Å². The van der Waals surface area contributed by atoms with Crippen molar-refractivity contribution >= 4 is 38.9 Å². The van der Waals surface area contributed by atoms with Gasteiger partial charge in [0, 0.05) is 25.8 Å². The van der Waals surface area contributed by atoms with E-state index in [-0.39, 0.29) is 36.0 Å². The average Bonchev–Trinajstić information content (AvgIpc) is 2.65. The van der Waals surface area contributed by atoms with E-state index < -0.39 is 21.8 Å². The Bertz CT molecular complexity index is 1030. The van der Waals surface area contributed by atoms with E-state index in [0.29, 0.717) is 18.4 Å². The van der Waals surface area contributed by atoms with Crippen molar-refractivity contribution in [3.8, 4) is 0 Å². The van der Waals surface area contributed by atoms with Crippen LogP contribution in [0.1, 0.15) is 24.0 Å². The molecule has 0 aliphatic heterocycles. The molecule has 0 radical (unpaired) electrons. The monoisotopic (exact) mass is 478 g/mol. The van der Waals surface area contributed by atoms with E-state index >= 15 is 0 Å². The average molecular weight is 479 g/mol. The third-order valence-corrected chi connectivity index (χ3v) is 5.73. The molecular weight excluding hydrogens is 457 g/mol. The van der Waals surface area contributed by atoms with Gasteiger partial charge >= 0.3 is 6.18 Å². The molecule has 0 bridgehead atoms. The van der Waals surface area contributed by atoms with Gasteiger partial charge in [0.25, 0.3) is 0 Å². The third kappa shape index (κ3) is 7.41. The number of benzene rings is 2. The molecule has 0 fully saturated rings. The lowest BCUT2D eigenvalue weighted by Crippen LogP contribution is -2.32. The van der Waals surface area contributed by atoms with Gasteiger partial charge < -0.3 is 10.1 Å². The smallest absolute Gasteiger partial charge is 0.380 e. The summed E-state index contributed by atoms with van der Waals surface area (Å²) in [7, 11) is -2.38. The van der Waals surface area contributed by atoms with E-state index in [1.165, 1.54) is 0 Å². The largest absolute Gasteiger partial charge is 0.416 e. The number of nitrogens with zero attached hydrogens (tertiary/aromatic N) is 1. The Morgan fingerprint density at radius 3 is 2.52 bits per heavy atom. The minimum Gasteiger partial charge on any atom is -0.380 e. The molecule has 0 saturated heterocycles. The number of methoxy groups -OCH3 is 1. The zero-order chi connectivity index (χ0) is 23.2. The zero-order valence-corrected chi connectivity index (χ0v) is 18.4. The second kappa shape index (κ2) is 10.3. The lowest BCUT2D eigenvalue weighted by Gasteiger charge is -2.24. The van der Waals surface area contributed by atoms with E-state index in [0.717, 1.165) is 28.3 Å². The Balaban J connectivity index is 2.09. The molecule has 6 nitrogen and oxygen atoms in total. The summed E-state index contributed by atoms with van der Waals surface area (Å²) < 4.78 is 69.3. The fourth-order valence-corrected chi connectivity index (χ4v) is 4.10. The number of anilines is 2. The molecule has 0 heterocycles. The van der Waals surface area contributed by atoms with Gasteiger partial charge in [0.15, 0.2) is 0 Å². The molecule has 170 valence electrons. The van der Waals surface area contributed by atoms with Gasteiger partial charge in [-0.2, -0.15) is 13.2 Å². The molecule has 0 aromatic heterocycles. The molecule has 11 heteroatoms. The van der Waals surface area contributed by atoms with E-state index in [9.17, 15) is 26.4 Å². The first-order valence-electron chi connectivity index (χ1n) is 9.14. The summed E-state index contributed by atoms with van der Waals surface area (Å²) in [5, 5.41) is 2.56. The van der Waals surface area contributed by atoms with Crippen LogP contribution in [0.3, 0.4) is 0 Å². The number of nitrogens with one attached hydrogen (secondary N) is 1. The normalized spacial score (nSPS) is 11.9. The van der Waals surface area contributed by atoms with Crippen LogP contribution in [-0.2, 0) is 32.3 Å². The van der Waals surface area contributed by atoms with E-state index in [1.54, 1.807) is 25.3 Å². The quantitative estimate of drug-likeness (QED) is 0.567. The Morgan fingerprint density at radius 2 is 1.90 bits per heavy atom. The minimum absolute atomic E-state index is 0.0445. The van der Waals surface area contributed by atoms with Crippen LogP contribution in [0.5, 0.6) is 0 Å². The SMILES string of the molecule is COCc1cccc(NC(=O)CCCN(c2cc(C(F)(F)F)ccc2Cl)S(C)(=O)=O)c1. The lowest BCUT2D eigenvalue weighted by atomic mass is 10.2. The van der Waals surface area contributed by atoms with Gasteiger partial charge in [-0.15, -0.1) is 0 Å². The first kappa shape index (κ1) is 25.0. The Morgan fingerprint density at radius 1 is 1.19 bits per heavy atom. The molecule has 31 heavy (non-hydrogen) atoms. The summed E-state index contributed by atoms with van der Waals surface area (Å²) in [5.74, 6) is -0.363. The number of hydrogen-bond donors (Lipinski definition) is 1. The van der Waals surface area contributed by atoms with Gasteiger partial charge in [-0.25, -0.2) is 8.42 Å². The fourth-order valence-electron chi connectivity index (χ4n) is 2.86. The summed E-state index contributed by atoms with van der Waals surface area (Å²) >= 11 is 5.97. The van der Waals surface area contributed by atoms with E-state index in [2.05, 4.69) is 5.32 Å². The molecule has 0 unspecified atom stereocenters. The highest BCUT2D eigenvalue weighted by atomic mass is 35.5. The number of halogens is 4. The minimum atomic E-state index is -4.65. The number of carbonyl (C=O) groups excluding carboxylic acids is 1. The van der Waals surface area contributed by atoms with Crippen LogP contribution >= 0.6 is 11.6 Å². The van der Waals surface area contributed by atoms with Gasteiger partial charge in [-0.3, -0.25) is 9.10 Å². The van der Waals surface area contributed by atoms with Gasteiger partial charge in [-0.05, 0) is 42.3 Å².